The van der Waals surface area contributed by atoms with E-state index in [-0.39, 0.29) is 11.6 Å². The molecule has 1 aromatic carbocycles. The molecule has 0 radical (unpaired) electrons. The Hall–Kier alpha value is -0.770. The molecule has 4 heteroatoms. The Morgan fingerprint density at radius 1 is 1.47 bits per heavy atom. The highest BCUT2D eigenvalue weighted by molar-refractivity contribution is 6.30. The molecule has 104 valence electrons. The number of benzene rings is 1. The third-order valence-electron chi connectivity index (χ3n) is 4.55. The van der Waals surface area contributed by atoms with Crippen LogP contribution in [0.1, 0.15) is 30.4 Å². The average molecular weight is 282 g/mol. The highest BCUT2D eigenvalue weighted by Crippen LogP contribution is 2.40. The molecule has 3 rings (SSSR count). The zero-order valence-electron chi connectivity index (χ0n) is 11.2. The van der Waals surface area contributed by atoms with Gasteiger partial charge in [0.05, 0.1) is 12.2 Å². The predicted molar refractivity (Wildman–Crippen MR) is 75.9 cm³/mol. The van der Waals surface area contributed by atoms with Crippen LogP contribution in [0.4, 0.5) is 0 Å². The van der Waals surface area contributed by atoms with Gasteiger partial charge in [-0.15, -0.1) is 0 Å². The fourth-order valence-electron chi connectivity index (χ4n) is 3.17. The molecule has 0 saturated heterocycles. The van der Waals surface area contributed by atoms with Gasteiger partial charge in [-0.1, -0.05) is 11.6 Å². The molecule has 19 heavy (non-hydrogen) atoms. The molecule has 1 aliphatic heterocycles. The molecule has 0 aromatic heterocycles. The number of rotatable bonds is 4. The highest BCUT2D eigenvalue weighted by atomic mass is 35.5. The fraction of sp³-hybridized carbons (Fsp3) is 0.600. The lowest BCUT2D eigenvalue weighted by Gasteiger charge is -2.45. The van der Waals surface area contributed by atoms with Crippen LogP contribution in [0.15, 0.2) is 12.1 Å². The van der Waals surface area contributed by atoms with Gasteiger partial charge >= 0.3 is 0 Å². The van der Waals surface area contributed by atoms with Gasteiger partial charge in [-0.3, -0.25) is 0 Å². The zero-order valence-corrected chi connectivity index (χ0v) is 12.0. The fourth-order valence-corrected chi connectivity index (χ4v) is 3.44. The summed E-state index contributed by atoms with van der Waals surface area (Å²) in [4.78, 5) is 0. The van der Waals surface area contributed by atoms with Crippen LogP contribution in [0.2, 0.25) is 5.02 Å². The first kappa shape index (κ1) is 13.2. The minimum absolute atomic E-state index is 0.00184. The number of methoxy groups -OCH3 is 1. The van der Waals surface area contributed by atoms with Gasteiger partial charge < -0.3 is 15.2 Å². The highest BCUT2D eigenvalue weighted by Gasteiger charge is 2.43. The molecule has 1 heterocycles. The topological polar surface area (TPSA) is 44.5 Å². The van der Waals surface area contributed by atoms with E-state index in [1.807, 2.05) is 12.1 Å². The molecular weight excluding hydrogens is 262 g/mol. The molecule has 1 saturated carbocycles. The molecule has 1 aromatic rings. The Kier molecular flexibility index (Phi) is 3.46. The van der Waals surface area contributed by atoms with Gasteiger partial charge in [0.15, 0.2) is 0 Å². The second-order valence-electron chi connectivity index (χ2n) is 5.58. The normalized spacial score (nSPS) is 21.4. The smallest absolute Gasteiger partial charge is 0.125 e. The van der Waals surface area contributed by atoms with Crippen LogP contribution in [0.3, 0.4) is 0 Å². The first-order chi connectivity index (χ1) is 9.14. The van der Waals surface area contributed by atoms with Crippen molar-refractivity contribution in [1.82, 2.24) is 0 Å². The van der Waals surface area contributed by atoms with E-state index < -0.39 is 0 Å². The number of hydrogen-bond acceptors (Lipinski definition) is 3. The summed E-state index contributed by atoms with van der Waals surface area (Å²) in [6.07, 6.45) is 5.00. The largest absolute Gasteiger partial charge is 0.493 e. The Bertz CT molecular complexity index is 480. The van der Waals surface area contributed by atoms with Crippen LogP contribution in [0.25, 0.3) is 0 Å². The Morgan fingerprint density at radius 3 is 2.89 bits per heavy atom. The van der Waals surface area contributed by atoms with Crippen molar-refractivity contribution >= 4 is 11.6 Å². The van der Waals surface area contributed by atoms with Crippen LogP contribution >= 0.6 is 11.6 Å². The first-order valence-corrected chi connectivity index (χ1v) is 7.27. The standard InChI is InChI=1S/C15H20ClNO2/c1-18-15(4-2-5-15)13(17)9-11-8-12(16)7-10-3-6-19-14(10)11/h7-8,13H,2-6,9,17H2,1H3. The Balaban J connectivity index is 1.83. The summed E-state index contributed by atoms with van der Waals surface area (Å²) in [7, 11) is 1.76. The second kappa shape index (κ2) is 4.97. The minimum Gasteiger partial charge on any atom is -0.493 e. The van der Waals surface area contributed by atoms with Gasteiger partial charge in [0, 0.05) is 24.6 Å². The van der Waals surface area contributed by atoms with Crippen LogP contribution in [-0.2, 0) is 17.6 Å². The van der Waals surface area contributed by atoms with E-state index in [2.05, 4.69) is 0 Å². The third-order valence-corrected chi connectivity index (χ3v) is 4.77. The van der Waals surface area contributed by atoms with Gasteiger partial charge in [0.2, 0.25) is 0 Å². The van der Waals surface area contributed by atoms with Gasteiger partial charge in [0.1, 0.15) is 5.75 Å². The summed E-state index contributed by atoms with van der Waals surface area (Å²) in [6, 6.07) is 3.97. The van der Waals surface area contributed by atoms with Crippen molar-refractivity contribution in [3.8, 4) is 5.75 Å². The van der Waals surface area contributed by atoms with E-state index in [9.17, 15) is 0 Å². The molecule has 1 atom stereocenters. The molecule has 1 fully saturated rings. The maximum absolute atomic E-state index is 6.38. The van der Waals surface area contributed by atoms with E-state index in [1.54, 1.807) is 7.11 Å². The maximum atomic E-state index is 6.38. The molecule has 1 aliphatic carbocycles. The van der Waals surface area contributed by atoms with Crippen molar-refractivity contribution in [1.29, 1.82) is 0 Å². The van der Waals surface area contributed by atoms with Crippen molar-refractivity contribution in [2.75, 3.05) is 13.7 Å². The molecular formula is C15H20ClNO2. The monoisotopic (exact) mass is 281 g/mol. The molecule has 0 amide bonds. The van der Waals surface area contributed by atoms with E-state index in [1.165, 1.54) is 12.0 Å². The number of nitrogens with two attached hydrogens (primary N) is 1. The average Bonchev–Trinajstić information content (AvgIpc) is 2.76. The van der Waals surface area contributed by atoms with Crippen LogP contribution in [0.5, 0.6) is 5.75 Å². The van der Waals surface area contributed by atoms with E-state index >= 15 is 0 Å². The van der Waals surface area contributed by atoms with E-state index in [0.717, 1.165) is 48.6 Å². The molecule has 2 aliphatic rings. The lowest BCUT2D eigenvalue weighted by atomic mass is 9.73. The molecule has 1 unspecified atom stereocenters. The Morgan fingerprint density at radius 2 is 2.26 bits per heavy atom. The third kappa shape index (κ3) is 2.24. The summed E-state index contributed by atoms with van der Waals surface area (Å²) in [5.41, 5.74) is 8.56. The number of ether oxygens (including phenoxy) is 2. The minimum atomic E-state index is -0.145. The maximum Gasteiger partial charge on any atom is 0.125 e. The van der Waals surface area contributed by atoms with Crippen molar-refractivity contribution < 1.29 is 9.47 Å². The lowest BCUT2D eigenvalue weighted by Crippen LogP contribution is -2.55. The molecule has 0 spiro atoms. The van der Waals surface area contributed by atoms with E-state index in [4.69, 9.17) is 26.8 Å². The lowest BCUT2D eigenvalue weighted by molar-refractivity contribution is -0.0897. The number of hydrogen-bond donors (Lipinski definition) is 1. The van der Waals surface area contributed by atoms with Gasteiger partial charge in [-0.05, 0) is 48.9 Å². The number of fused-ring (bicyclic) bond motifs is 1. The summed E-state index contributed by atoms with van der Waals surface area (Å²) >= 11 is 6.18. The summed E-state index contributed by atoms with van der Waals surface area (Å²) in [6.45, 7) is 0.743. The van der Waals surface area contributed by atoms with Crippen LogP contribution in [-0.4, -0.2) is 25.4 Å². The van der Waals surface area contributed by atoms with Crippen molar-refractivity contribution in [2.24, 2.45) is 5.73 Å². The van der Waals surface area contributed by atoms with Crippen LogP contribution < -0.4 is 10.5 Å². The van der Waals surface area contributed by atoms with Crippen molar-refractivity contribution in [2.45, 2.75) is 43.7 Å². The zero-order chi connectivity index (χ0) is 13.5. The molecule has 2 N–H and O–H groups in total. The molecule has 0 bridgehead atoms. The predicted octanol–water partition coefficient (Wildman–Crippen LogP) is 2.71. The van der Waals surface area contributed by atoms with Gasteiger partial charge in [0.25, 0.3) is 0 Å². The van der Waals surface area contributed by atoms with Crippen molar-refractivity contribution in [3.63, 3.8) is 0 Å². The molecule has 3 nitrogen and oxygen atoms in total. The summed E-state index contributed by atoms with van der Waals surface area (Å²) in [5.74, 6) is 0.991. The van der Waals surface area contributed by atoms with Gasteiger partial charge in [-0.2, -0.15) is 0 Å². The number of halogens is 1. The van der Waals surface area contributed by atoms with Crippen LogP contribution in [0, 0.1) is 0 Å². The van der Waals surface area contributed by atoms with E-state index in [0.29, 0.717) is 0 Å². The summed E-state index contributed by atoms with van der Waals surface area (Å²) in [5, 5.41) is 0.770. The Labute approximate surface area is 119 Å². The SMILES string of the molecule is COC1(C(N)Cc2cc(Cl)cc3c2OCC3)CCC1. The summed E-state index contributed by atoms with van der Waals surface area (Å²) < 4.78 is 11.4. The second-order valence-corrected chi connectivity index (χ2v) is 6.02. The quantitative estimate of drug-likeness (QED) is 0.923. The first-order valence-electron chi connectivity index (χ1n) is 6.89. The van der Waals surface area contributed by atoms with Gasteiger partial charge in [-0.25, -0.2) is 0 Å². The van der Waals surface area contributed by atoms with Crippen molar-refractivity contribution in [3.05, 3.63) is 28.3 Å².